The Morgan fingerprint density at radius 3 is 2.37 bits per heavy atom. The summed E-state index contributed by atoms with van der Waals surface area (Å²) in [5.41, 5.74) is 0.638. The predicted octanol–water partition coefficient (Wildman–Crippen LogP) is 0.629. The zero-order chi connectivity index (χ0) is 21.7. The number of carbonyl (C=O) groups excluding carboxylic acids is 4. The molecular weight excluding hydrogens is 386 g/mol. The number of rotatable bonds is 6. The number of amides is 4. The molecule has 162 valence electrons. The van der Waals surface area contributed by atoms with E-state index in [4.69, 9.17) is 0 Å². The largest absolute Gasteiger partial charge is 0.391 e. The van der Waals surface area contributed by atoms with Crippen LogP contribution < -0.4 is 10.6 Å². The lowest BCUT2D eigenvalue weighted by Gasteiger charge is -2.34. The third-order valence-corrected chi connectivity index (χ3v) is 6.17. The number of aliphatic hydroxyl groups excluding tert-OH is 1. The summed E-state index contributed by atoms with van der Waals surface area (Å²) in [4.78, 5) is 48.6. The average Bonchev–Trinajstić information content (AvgIpc) is 2.95. The van der Waals surface area contributed by atoms with Gasteiger partial charge in [-0.3, -0.25) is 24.1 Å². The molecule has 1 heterocycles. The van der Waals surface area contributed by atoms with E-state index < -0.39 is 11.5 Å². The van der Waals surface area contributed by atoms with Crippen LogP contribution in [0.3, 0.4) is 0 Å². The van der Waals surface area contributed by atoms with Crippen molar-refractivity contribution in [2.75, 3.05) is 13.1 Å². The van der Waals surface area contributed by atoms with Crippen LogP contribution in [0.4, 0.5) is 0 Å². The molecule has 1 aromatic carbocycles. The summed E-state index contributed by atoms with van der Waals surface area (Å²) < 4.78 is 0. The SMILES string of the molecule is CC(=O)N[C@H]1CC[C@](CNC(=O)CN2C(=O)CCC2=O)(c2ccccc2)CC[C@@H]1O. The van der Waals surface area contributed by atoms with E-state index in [0.29, 0.717) is 32.2 Å². The first-order valence-electron chi connectivity index (χ1n) is 10.4. The van der Waals surface area contributed by atoms with Crippen molar-refractivity contribution >= 4 is 23.6 Å². The van der Waals surface area contributed by atoms with Crippen molar-refractivity contribution in [2.24, 2.45) is 0 Å². The van der Waals surface area contributed by atoms with Crippen LogP contribution in [0, 0.1) is 0 Å². The summed E-state index contributed by atoms with van der Waals surface area (Å²) in [5.74, 6) is -1.19. The Balaban J connectivity index is 1.73. The van der Waals surface area contributed by atoms with E-state index in [1.54, 1.807) is 0 Å². The maximum Gasteiger partial charge on any atom is 0.240 e. The second-order valence-corrected chi connectivity index (χ2v) is 8.25. The second-order valence-electron chi connectivity index (χ2n) is 8.25. The molecule has 1 aliphatic heterocycles. The quantitative estimate of drug-likeness (QED) is 0.466. The van der Waals surface area contributed by atoms with Gasteiger partial charge in [0.05, 0.1) is 12.1 Å². The van der Waals surface area contributed by atoms with Crippen molar-refractivity contribution in [1.82, 2.24) is 15.5 Å². The van der Waals surface area contributed by atoms with Gasteiger partial charge >= 0.3 is 0 Å². The molecule has 2 fully saturated rings. The molecule has 3 rings (SSSR count). The Bertz CT molecular complexity index is 796. The van der Waals surface area contributed by atoms with Gasteiger partial charge in [-0.25, -0.2) is 0 Å². The summed E-state index contributed by atoms with van der Waals surface area (Å²) in [6.07, 6.45) is 2.02. The summed E-state index contributed by atoms with van der Waals surface area (Å²) in [6, 6.07) is 9.48. The lowest BCUT2D eigenvalue weighted by molar-refractivity contribution is -0.142. The molecule has 4 amide bonds. The van der Waals surface area contributed by atoms with Gasteiger partial charge in [0.2, 0.25) is 23.6 Å². The molecule has 0 bridgehead atoms. The van der Waals surface area contributed by atoms with E-state index in [9.17, 15) is 24.3 Å². The fraction of sp³-hybridized carbons (Fsp3) is 0.545. The highest BCUT2D eigenvalue weighted by atomic mass is 16.3. The van der Waals surface area contributed by atoms with Gasteiger partial charge in [0.1, 0.15) is 6.54 Å². The zero-order valence-corrected chi connectivity index (χ0v) is 17.2. The number of imide groups is 1. The van der Waals surface area contributed by atoms with Gasteiger partial charge < -0.3 is 15.7 Å². The third-order valence-electron chi connectivity index (χ3n) is 6.17. The van der Waals surface area contributed by atoms with Gasteiger partial charge in [-0.15, -0.1) is 0 Å². The smallest absolute Gasteiger partial charge is 0.240 e. The molecule has 30 heavy (non-hydrogen) atoms. The van der Waals surface area contributed by atoms with Crippen LogP contribution in [0.5, 0.6) is 0 Å². The normalized spacial score (nSPS) is 26.9. The second kappa shape index (κ2) is 9.38. The van der Waals surface area contributed by atoms with Crippen molar-refractivity contribution in [3.8, 4) is 0 Å². The third kappa shape index (κ3) is 5.05. The van der Waals surface area contributed by atoms with Gasteiger partial charge in [-0.2, -0.15) is 0 Å². The number of likely N-dealkylation sites (tertiary alicyclic amines) is 1. The van der Waals surface area contributed by atoms with Crippen LogP contribution >= 0.6 is 0 Å². The standard InChI is InChI=1S/C22H29N3O5/c1-15(26)24-17-9-11-22(12-10-18(17)27,16-5-3-2-4-6-16)14-23-19(28)13-25-20(29)7-8-21(25)30/h2-6,17-18,27H,7-14H2,1H3,(H,23,28)(H,24,26)/t17-,18-,22-/m0/s1. The van der Waals surface area contributed by atoms with Gasteiger partial charge in [0.25, 0.3) is 0 Å². The number of carbonyl (C=O) groups is 4. The van der Waals surface area contributed by atoms with Gasteiger partial charge in [-0.1, -0.05) is 30.3 Å². The van der Waals surface area contributed by atoms with Crippen LogP contribution in [0.25, 0.3) is 0 Å². The molecule has 8 nitrogen and oxygen atoms in total. The van der Waals surface area contributed by atoms with Crippen molar-refractivity contribution < 1.29 is 24.3 Å². The Morgan fingerprint density at radius 1 is 1.10 bits per heavy atom. The molecule has 0 spiro atoms. The lowest BCUT2D eigenvalue weighted by atomic mass is 9.74. The molecule has 0 aromatic heterocycles. The Hall–Kier alpha value is -2.74. The number of nitrogens with zero attached hydrogens (tertiary/aromatic N) is 1. The van der Waals surface area contributed by atoms with Gasteiger partial charge in [-0.05, 0) is 31.2 Å². The molecule has 0 unspecified atom stereocenters. The fourth-order valence-electron chi connectivity index (χ4n) is 4.43. The molecule has 8 heteroatoms. The zero-order valence-electron chi connectivity index (χ0n) is 17.2. The molecule has 1 saturated carbocycles. The van der Waals surface area contributed by atoms with E-state index in [1.807, 2.05) is 30.3 Å². The summed E-state index contributed by atoms with van der Waals surface area (Å²) in [5, 5.41) is 16.2. The summed E-state index contributed by atoms with van der Waals surface area (Å²) >= 11 is 0. The highest BCUT2D eigenvalue weighted by Crippen LogP contribution is 2.38. The number of benzene rings is 1. The van der Waals surface area contributed by atoms with E-state index >= 15 is 0 Å². The van der Waals surface area contributed by atoms with Crippen LogP contribution in [-0.2, 0) is 24.6 Å². The molecule has 2 aliphatic rings. The average molecular weight is 415 g/mol. The topological polar surface area (TPSA) is 116 Å². The summed E-state index contributed by atoms with van der Waals surface area (Å²) in [7, 11) is 0. The maximum absolute atomic E-state index is 12.5. The Morgan fingerprint density at radius 2 is 1.73 bits per heavy atom. The van der Waals surface area contributed by atoms with Crippen molar-refractivity contribution in [3.63, 3.8) is 0 Å². The van der Waals surface area contributed by atoms with E-state index in [2.05, 4.69) is 10.6 Å². The Labute approximate surface area is 176 Å². The molecule has 3 atom stereocenters. The van der Waals surface area contributed by atoms with Crippen LogP contribution in [-0.4, -0.2) is 58.9 Å². The molecule has 1 aromatic rings. The first kappa shape index (κ1) is 22.0. The van der Waals surface area contributed by atoms with Crippen LogP contribution in [0.2, 0.25) is 0 Å². The minimum atomic E-state index is -0.657. The number of hydrogen-bond acceptors (Lipinski definition) is 5. The first-order chi connectivity index (χ1) is 14.3. The lowest BCUT2D eigenvalue weighted by Crippen LogP contribution is -2.45. The minimum absolute atomic E-state index is 0.155. The fourth-order valence-corrected chi connectivity index (χ4v) is 4.43. The van der Waals surface area contributed by atoms with Gasteiger partial charge in [0.15, 0.2) is 0 Å². The Kier molecular flexibility index (Phi) is 6.87. The molecule has 1 aliphatic carbocycles. The molecule has 1 saturated heterocycles. The van der Waals surface area contributed by atoms with E-state index in [0.717, 1.165) is 10.5 Å². The highest BCUT2D eigenvalue weighted by molar-refractivity contribution is 6.04. The number of hydrogen-bond donors (Lipinski definition) is 3. The van der Waals surface area contributed by atoms with Crippen molar-refractivity contribution in [1.29, 1.82) is 0 Å². The van der Waals surface area contributed by atoms with Crippen molar-refractivity contribution in [2.45, 2.75) is 63.0 Å². The van der Waals surface area contributed by atoms with Crippen LogP contribution in [0.1, 0.15) is 51.0 Å². The van der Waals surface area contributed by atoms with E-state index in [-0.39, 0.29) is 49.1 Å². The van der Waals surface area contributed by atoms with Crippen molar-refractivity contribution in [3.05, 3.63) is 35.9 Å². The molecular formula is C22H29N3O5. The molecule has 3 N–H and O–H groups in total. The monoisotopic (exact) mass is 415 g/mol. The van der Waals surface area contributed by atoms with E-state index in [1.165, 1.54) is 6.92 Å². The molecule has 0 radical (unpaired) electrons. The highest BCUT2D eigenvalue weighted by Gasteiger charge is 2.39. The van der Waals surface area contributed by atoms with Crippen LogP contribution in [0.15, 0.2) is 30.3 Å². The first-order valence-corrected chi connectivity index (χ1v) is 10.4. The predicted molar refractivity (Wildman–Crippen MR) is 109 cm³/mol. The minimum Gasteiger partial charge on any atom is -0.391 e. The van der Waals surface area contributed by atoms with Gasteiger partial charge in [0, 0.05) is 31.7 Å². The number of nitrogens with one attached hydrogen (secondary N) is 2. The maximum atomic E-state index is 12.5. The summed E-state index contributed by atoms with van der Waals surface area (Å²) in [6.45, 7) is 1.49. The number of aliphatic hydroxyl groups is 1.